The molecule has 10 nitrogen and oxygen atoms in total. The molecular weight excluding hydrogens is 386 g/mol. The van der Waals surface area contributed by atoms with Crippen LogP contribution in [0.1, 0.15) is 44.0 Å². The number of aromatic nitrogens is 4. The molecule has 30 heavy (non-hydrogen) atoms. The van der Waals surface area contributed by atoms with E-state index in [1.807, 2.05) is 18.7 Å². The summed E-state index contributed by atoms with van der Waals surface area (Å²) in [6.45, 7) is 7.00. The predicted octanol–water partition coefficient (Wildman–Crippen LogP) is 0.982. The third-order valence-electron chi connectivity index (χ3n) is 5.64. The van der Waals surface area contributed by atoms with E-state index in [0.29, 0.717) is 43.1 Å². The maximum absolute atomic E-state index is 13.2. The highest BCUT2D eigenvalue weighted by Crippen LogP contribution is 2.22. The van der Waals surface area contributed by atoms with E-state index in [-0.39, 0.29) is 12.4 Å². The summed E-state index contributed by atoms with van der Waals surface area (Å²) < 4.78 is 4.06. The van der Waals surface area contributed by atoms with Gasteiger partial charge in [0, 0.05) is 26.7 Å². The van der Waals surface area contributed by atoms with Crippen molar-refractivity contribution in [3.05, 3.63) is 32.2 Å². The zero-order chi connectivity index (χ0) is 22.0. The fourth-order valence-electron chi connectivity index (χ4n) is 3.97. The van der Waals surface area contributed by atoms with Gasteiger partial charge >= 0.3 is 5.69 Å². The summed E-state index contributed by atoms with van der Waals surface area (Å²) in [4.78, 5) is 40.9. The van der Waals surface area contributed by atoms with Crippen molar-refractivity contribution in [2.24, 2.45) is 7.05 Å². The van der Waals surface area contributed by atoms with Crippen molar-refractivity contribution < 1.29 is 4.79 Å². The molecule has 1 fully saturated rings. The molecule has 1 aliphatic rings. The van der Waals surface area contributed by atoms with Gasteiger partial charge in [-0.25, -0.2) is 9.36 Å². The van der Waals surface area contributed by atoms with E-state index in [1.54, 1.807) is 18.7 Å². The van der Waals surface area contributed by atoms with Crippen molar-refractivity contribution in [1.82, 2.24) is 18.9 Å². The molecule has 1 aliphatic heterocycles. The average molecular weight is 418 g/mol. The summed E-state index contributed by atoms with van der Waals surface area (Å²) in [5, 5.41) is 7.07. The quantitative estimate of drug-likeness (QED) is 0.723. The molecule has 2 aromatic rings. The molecule has 3 heterocycles. The first-order valence-corrected chi connectivity index (χ1v) is 10.4. The number of carbonyl (C=O) groups excluding carboxylic acids is 1. The van der Waals surface area contributed by atoms with Crippen molar-refractivity contribution in [2.75, 3.05) is 29.0 Å². The highest BCUT2D eigenvalue weighted by Gasteiger charge is 2.24. The second kappa shape index (κ2) is 8.76. The molecule has 3 N–H and O–H groups in total. The first-order valence-electron chi connectivity index (χ1n) is 10.4. The molecule has 10 heteroatoms. The van der Waals surface area contributed by atoms with Gasteiger partial charge in [0.2, 0.25) is 5.91 Å². The van der Waals surface area contributed by atoms with E-state index in [2.05, 4.69) is 10.4 Å². The molecule has 0 radical (unpaired) electrons. The standard InChI is InChI=1S/C20H31N7O3/c1-5-9-26-18(21)17(25-10-7-6-8-11-25)19(29)27(20(26)30)12-15(28)22-16-13(2)23-24(4)14(16)3/h5-12,21H2,1-4H3,(H,22,28). The van der Waals surface area contributed by atoms with Crippen LogP contribution < -0.4 is 27.2 Å². The summed E-state index contributed by atoms with van der Waals surface area (Å²) in [5.41, 5.74) is 7.57. The van der Waals surface area contributed by atoms with Gasteiger partial charge in [0.15, 0.2) is 0 Å². The minimum Gasteiger partial charge on any atom is -0.383 e. The normalized spacial score (nSPS) is 14.2. The molecule has 0 atom stereocenters. The zero-order valence-electron chi connectivity index (χ0n) is 18.2. The van der Waals surface area contributed by atoms with Crippen LogP contribution in [0, 0.1) is 13.8 Å². The maximum atomic E-state index is 13.2. The van der Waals surface area contributed by atoms with Gasteiger partial charge in [0.1, 0.15) is 18.1 Å². The summed E-state index contributed by atoms with van der Waals surface area (Å²) in [7, 11) is 1.79. The monoisotopic (exact) mass is 417 g/mol. The fourth-order valence-corrected chi connectivity index (χ4v) is 3.97. The number of aryl methyl sites for hydroxylation is 2. The Morgan fingerprint density at radius 1 is 1.13 bits per heavy atom. The SMILES string of the molecule is CCCn1c(N)c(N2CCCCC2)c(=O)n(CC(=O)Nc2c(C)nn(C)c2C)c1=O. The molecule has 0 aliphatic carbocycles. The van der Waals surface area contributed by atoms with Gasteiger partial charge in [-0.05, 0) is 39.5 Å². The lowest BCUT2D eigenvalue weighted by atomic mass is 10.1. The Kier molecular flexibility index (Phi) is 6.33. The Morgan fingerprint density at radius 2 is 1.80 bits per heavy atom. The van der Waals surface area contributed by atoms with Crippen LogP contribution in [0.2, 0.25) is 0 Å². The van der Waals surface area contributed by atoms with Crippen LogP contribution in [0.5, 0.6) is 0 Å². The minimum atomic E-state index is -0.560. The van der Waals surface area contributed by atoms with Crippen molar-refractivity contribution in [1.29, 1.82) is 0 Å². The van der Waals surface area contributed by atoms with Crippen LogP contribution in [-0.4, -0.2) is 37.9 Å². The first-order chi connectivity index (χ1) is 14.3. The van der Waals surface area contributed by atoms with E-state index in [9.17, 15) is 14.4 Å². The molecule has 1 amide bonds. The van der Waals surface area contributed by atoms with E-state index < -0.39 is 17.2 Å². The number of carbonyl (C=O) groups is 1. The first kappa shape index (κ1) is 21.7. The van der Waals surface area contributed by atoms with Gasteiger partial charge in [-0.3, -0.25) is 18.8 Å². The third-order valence-corrected chi connectivity index (χ3v) is 5.64. The third kappa shape index (κ3) is 3.99. The minimum absolute atomic E-state index is 0.185. The lowest BCUT2D eigenvalue weighted by Crippen LogP contribution is -2.47. The lowest BCUT2D eigenvalue weighted by Gasteiger charge is -2.30. The second-order valence-electron chi connectivity index (χ2n) is 7.82. The van der Waals surface area contributed by atoms with Gasteiger partial charge in [-0.15, -0.1) is 0 Å². The van der Waals surface area contributed by atoms with Crippen LogP contribution >= 0.6 is 0 Å². The number of hydrogen-bond donors (Lipinski definition) is 2. The summed E-state index contributed by atoms with van der Waals surface area (Å²) >= 11 is 0. The highest BCUT2D eigenvalue weighted by molar-refractivity contribution is 5.91. The van der Waals surface area contributed by atoms with Crippen molar-refractivity contribution in [3.8, 4) is 0 Å². The number of rotatable bonds is 6. The highest BCUT2D eigenvalue weighted by atomic mass is 16.2. The number of nitrogens with zero attached hydrogens (tertiary/aromatic N) is 5. The van der Waals surface area contributed by atoms with Crippen LogP contribution in [-0.2, 0) is 24.9 Å². The molecule has 2 aromatic heterocycles. The molecule has 3 rings (SSSR count). The fraction of sp³-hybridized carbons (Fsp3) is 0.600. The van der Waals surface area contributed by atoms with Gasteiger partial charge < -0.3 is 16.0 Å². The number of nitrogen functional groups attached to an aromatic ring is 1. The summed E-state index contributed by atoms with van der Waals surface area (Å²) in [6, 6.07) is 0. The number of amides is 1. The van der Waals surface area contributed by atoms with Crippen molar-refractivity contribution >= 4 is 23.1 Å². The van der Waals surface area contributed by atoms with Crippen LogP contribution in [0.4, 0.5) is 17.2 Å². The van der Waals surface area contributed by atoms with Crippen molar-refractivity contribution in [2.45, 2.75) is 59.5 Å². The Bertz CT molecular complexity index is 1060. The van der Waals surface area contributed by atoms with Crippen molar-refractivity contribution in [3.63, 3.8) is 0 Å². The van der Waals surface area contributed by atoms with E-state index in [4.69, 9.17) is 5.73 Å². The smallest absolute Gasteiger partial charge is 0.333 e. The Labute approximate surface area is 175 Å². The van der Waals surface area contributed by atoms with Gasteiger partial charge in [-0.1, -0.05) is 6.92 Å². The van der Waals surface area contributed by atoms with E-state index >= 15 is 0 Å². The zero-order valence-corrected chi connectivity index (χ0v) is 18.2. The molecule has 0 unspecified atom stereocenters. The molecule has 0 aromatic carbocycles. The number of nitrogens with two attached hydrogens (primary N) is 1. The van der Waals surface area contributed by atoms with Crippen LogP contribution in [0.15, 0.2) is 9.59 Å². The van der Waals surface area contributed by atoms with Crippen LogP contribution in [0.3, 0.4) is 0 Å². The molecule has 0 bridgehead atoms. The average Bonchev–Trinajstić information content (AvgIpc) is 2.95. The van der Waals surface area contributed by atoms with E-state index in [0.717, 1.165) is 29.5 Å². The molecule has 164 valence electrons. The summed E-state index contributed by atoms with van der Waals surface area (Å²) in [5.74, 6) is -0.268. The van der Waals surface area contributed by atoms with Gasteiger partial charge in [0.25, 0.3) is 5.56 Å². The molecule has 0 saturated carbocycles. The number of anilines is 3. The topological polar surface area (TPSA) is 120 Å². The number of piperidine rings is 1. The van der Waals surface area contributed by atoms with Gasteiger partial charge in [0.05, 0.1) is 17.1 Å². The molecular formula is C20H31N7O3. The lowest BCUT2D eigenvalue weighted by molar-refractivity contribution is -0.116. The van der Waals surface area contributed by atoms with E-state index in [1.165, 1.54) is 4.57 Å². The Balaban J connectivity index is 2.00. The Morgan fingerprint density at radius 3 is 2.37 bits per heavy atom. The molecule has 0 spiro atoms. The maximum Gasteiger partial charge on any atom is 0.333 e. The Hall–Kier alpha value is -3.04. The predicted molar refractivity (Wildman–Crippen MR) is 117 cm³/mol. The largest absolute Gasteiger partial charge is 0.383 e. The van der Waals surface area contributed by atoms with Gasteiger partial charge in [-0.2, -0.15) is 5.10 Å². The number of nitrogens with one attached hydrogen (secondary N) is 1. The molecule has 1 saturated heterocycles. The second-order valence-corrected chi connectivity index (χ2v) is 7.82. The summed E-state index contributed by atoms with van der Waals surface area (Å²) in [6.07, 6.45) is 3.71. The van der Waals surface area contributed by atoms with Crippen LogP contribution in [0.25, 0.3) is 0 Å². The number of hydrogen-bond acceptors (Lipinski definition) is 6.